The number of nitrogens with one attached hydrogen (secondary N) is 2. The Bertz CT molecular complexity index is 1660. The number of rotatable bonds is 8. The Morgan fingerprint density at radius 2 is 1.87 bits per heavy atom. The summed E-state index contributed by atoms with van der Waals surface area (Å²) >= 11 is 0. The molecule has 0 amide bonds. The monoisotopic (exact) mass is 516 g/mol. The molecular weight excluding hydrogens is 480 g/mol. The number of hydrogen-bond donors (Lipinski definition) is 2. The average molecular weight is 517 g/mol. The Kier molecular flexibility index (Phi) is 8.13. The molecule has 5 heterocycles. The number of H-pyrrole nitrogens is 2. The minimum absolute atomic E-state index is 0.819. The molecule has 1 fully saturated rings. The molecule has 1 aliphatic heterocycles. The molecule has 4 aromatic rings. The lowest BCUT2D eigenvalue weighted by Gasteiger charge is -2.26. The van der Waals surface area contributed by atoms with Gasteiger partial charge in [0.05, 0.1) is 11.0 Å². The zero-order chi connectivity index (χ0) is 27.2. The van der Waals surface area contributed by atoms with Crippen LogP contribution < -0.4 is 10.6 Å². The Morgan fingerprint density at radius 3 is 2.59 bits per heavy atom. The molecule has 6 nitrogen and oxygen atoms in total. The van der Waals surface area contributed by atoms with E-state index in [0.717, 1.165) is 74.9 Å². The van der Waals surface area contributed by atoms with Gasteiger partial charge in [-0.25, -0.2) is 4.98 Å². The zero-order valence-corrected chi connectivity index (χ0v) is 22.9. The number of likely N-dealkylation sites (tertiary alicyclic amines) is 1. The number of pyridine rings is 2. The molecule has 0 aromatic carbocycles. The molecule has 5 rings (SSSR count). The highest BCUT2D eigenvalue weighted by Crippen LogP contribution is 2.29. The van der Waals surface area contributed by atoms with Crippen molar-refractivity contribution in [1.82, 2.24) is 30.0 Å². The zero-order valence-electron chi connectivity index (χ0n) is 22.9. The lowest BCUT2D eigenvalue weighted by Crippen LogP contribution is -2.31. The number of fused-ring (bicyclic) bond motifs is 1. The van der Waals surface area contributed by atoms with Crippen molar-refractivity contribution in [3.05, 3.63) is 102 Å². The van der Waals surface area contributed by atoms with Crippen molar-refractivity contribution in [2.24, 2.45) is 0 Å². The summed E-state index contributed by atoms with van der Waals surface area (Å²) in [5.74, 6) is 0. The van der Waals surface area contributed by atoms with Crippen LogP contribution in [0.4, 0.5) is 0 Å². The molecule has 0 radical (unpaired) electrons. The first-order valence-corrected chi connectivity index (χ1v) is 13.6. The van der Waals surface area contributed by atoms with Crippen molar-refractivity contribution in [1.29, 1.82) is 0 Å². The normalized spacial score (nSPS) is 16.3. The van der Waals surface area contributed by atoms with Gasteiger partial charge in [-0.1, -0.05) is 43.9 Å². The standard InChI is InChI=1S/C33H36N6/c1-5-24(22-39-17-9-8-10-18-39)20-25(6-2)23(4)19-29-30(7-3)37-38-32(29)31-21-28-27(13-16-35-33(28)36-31)26-11-14-34-15-12-26/h5-7,11-16,19-21,37H,1,4,8-10,17-18,22H2,2-3H3,(H,35,36)/b24-20+,25-6+,29-19+,30-7+. The van der Waals surface area contributed by atoms with Gasteiger partial charge in [0.25, 0.3) is 0 Å². The van der Waals surface area contributed by atoms with Crippen molar-refractivity contribution in [2.75, 3.05) is 19.6 Å². The van der Waals surface area contributed by atoms with E-state index in [1.54, 1.807) is 0 Å². The largest absolute Gasteiger partial charge is 0.338 e. The topological polar surface area (TPSA) is 73.5 Å². The summed E-state index contributed by atoms with van der Waals surface area (Å²) in [7, 11) is 0. The lowest BCUT2D eigenvalue weighted by molar-refractivity contribution is 0.248. The molecule has 39 heavy (non-hydrogen) atoms. The van der Waals surface area contributed by atoms with Crippen LogP contribution in [-0.4, -0.2) is 49.7 Å². The lowest BCUT2D eigenvalue weighted by atomic mass is 10.0. The van der Waals surface area contributed by atoms with E-state index in [2.05, 4.69) is 69.3 Å². The van der Waals surface area contributed by atoms with Crippen molar-refractivity contribution < 1.29 is 0 Å². The number of aromatic amines is 2. The third-order valence-corrected chi connectivity index (χ3v) is 7.36. The molecular formula is C33H36N6. The smallest absolute Gasteiger partial charge is 0.138 e. The molecule has 6 heteroatoms. The molecule has 4 aromatic heterocycles. The number of piperidine rings is 1. The summed E-state index contributed by atoms with van der Waals surface area (Å²) in [6, 6.07) is 8.18. The molecule has 0 unspecified atom stereocenters. The average Bonchev–Trinajstić information content (AvgIpc) is 3.59. The molecule has 0 aliphatic carbocycles. The van der Waals surface area contributed by atoms with Crippen LogP contribution >= 0.6 is 0 Å². The number of allylic oxidation sites excluding steroid dienone is 4. The SMILES string of the molecule is C=C/C(=C\C(=C/C)C(=C)/C=c1/c(-c2cc3c(-c4ccncc4)ccnc3[nH]2)n[nH]/c1=C/C)CN1CCCCC1. The highest BCUT2D eigenvalue weighted by atomic mass is 15.1. The van der Waals surface area contributed by atoms with Crippen molar-refractivity contribution in [2.45, 2.75) is 33.1 Å². The first-order chi connectivity index (χ1) is 19.1. The fraction of sp³-hybridized carbons (Fsp3) is 0.242. The van der Waals surface area contributed by atoms with Gasteiger partial charge < -0.3 is 4.98 Å². The second kappa shape index (κ2) is 12.0. The Labute approximate surface area is 229 Å². The van der Waals surface area contributed by atoms with Gasteiger partial charge in [-0.15, -0.1) is 0 Å². The Balaban J connectivity index is 1.52. The fourth-order valence-corrected chi connectivity index (χ4v) is 5.24. The van der Waals surface area contributed by atoms with Crippen LogP contribution in [0.15, 0.2) is 91.0 Å². The molecule has 0 spiro atoms. The van der Waals surface area contributed by atoms with Crippen molar-refractivity contribution in [3.8, 4) is 22.5 Å². The van der Waals surface area contributed by atoms with E-state index < -0.39 is 0 Å². The summed E-state index contributed by atoms with van der Waals surface area (Å²) in [6.07, 6.45) is 19.8. The molecule has 0 atom stereocenters. The molecule has 2 N–H and O–H groups in total. The van der Waals surface area contributed by atoms with E-state index in [1.807, 2.05) is 55.9 Å². The van der Waals surface area contributed by atoms with Crippen LogP contribution in [0.25, 0.3) is 45.7 Å². The second-order valence-electron chi connectivity index (χ2n) is 9.90. The van der Waals surface area contributed by atoms with Crippen LogP contribution in [-0.2, 0) is 0 Å². The van der Waals surface area contributed by atoms with E-state index in [9.17, 15) is 0 Å². The van der Waals surface area contributed by atoms with Crippen LogP contribution in [0.3, 0.4) is 0 Å². The van der Waals surface area contributed by atoms with Crippen molar-refractivity contribution >= 4 is 23.2 Å². The number of hydrogen-bond acceptors (Lipinski definition) is 4. The van der Waals surface area contributed by atoms with Gasteiger partial charge in [-0.3, -0.25) is 15.0 Å². The summed E-state index contributed by atoms with van der Waals surface area (Å²) in [4.78, 5) is 14.7. The maximum absolute atomic E-state index is 4.69. The molecule has 0 bridgehead atoms. The first kappa shape index (κ1) is 26.3. The van der Waals surface area contributed by atoms with Crippen LogP contribution in [0.2, 0.25) is 0 Å². The molecule has 1 saturated heterocycles. The fourth-order valence-electron chi connectivity index (χ4n) is 5.24. The van der Waals surface area contributed by atoms with Gasteiger partial charge >= 0.3 is 0 Å². The van der Waals surface area contributed by atoms with Crippen LogP contribution in [0.1, 0.15) is 33.1 Å². The van der Waals surface area contributed by atoms with Crippen LogP contribution in [0.5, 0.6) is 0 Å². The predicted molar refractivity (Wildman–Crippen MR) is 162 cm³/mol. The Hall–Kier alpha value is -4.29. The highest BCUT2D eigenvalue weighted by Gasteiger charge is 2.14. The van der Waals surface area contributed by atoms with E-state index >= 15 is 0 Å². The third-order valence-electron chi connectivity index (χ3n) is 7.36. The maximum atomic E-state index is 4.69. The third kappa shape index (κ3) is 5.76. The van der Waals surface area contributed by atoms with Gasteiger partial charge in [-0.2, -0.15) is 5.10 Å². The van der Waals surface area contributed by atoms with Gasteiger partial charge in [0.15, 0.2) is 0 Å². The predicted octanol–water partition coefficient (Wildman–Crippen LogP) is 5.70. The van der Waals surface area contributed by atoms with Gasteiger partial charge in [-0.05, 0) is 98.0 Å². The summed E-state index contributed by atoms with van der Waals surface area (Å²) < 4.78 is 0. The summed E-state index contributed by atoms with van der Waals surface area (Å²) in [5, 5.41) is 10.9. The van der Waals surface area contributed by atoms with Crippen molar-refractivity contribution in [3.63, 3.8) is 0 Å². The maximum Gasteiger partial charge on any atom is 0.138 e. The van der Waals surface area contributed by atoms with E-state index in [1.165, 1.54) is 24.8 Å². The first-order valence-electron chi connectivity index (χ1n) is 13.6. The minimum Gasteiger partial charge on any atom is -0.338 e. The van der Waals surface area contributed by atoms with Gasteiger partial charge in [0.2, 0.25) is 0 Å². The summed E-state index contributed by atoms with van der Waals surface area (Å²) in [6.45, 7) is 15.8. The Morgan fingerprint density at radius 1 is 1.08 bits per heavy atom. The van der Waals surface area contributed by atoms with Gasteiger partial charge in [0, 0.05) is 35.7 Å². The quantitative estimate of drug-likeness (QED) is 0.295. The summed E-state index contributed by atoms with van der Waals surface area (Å²) in [5.41, 5.74) is 7.96. The second-order valence-corrected chi connectivity index (χ2v) is 9.90. The molecule has 0 saturated carbocycles. The minimum atomic E-state index is 0.819. The van der Waals surface area contributed by atoms with Gasteiger partial charge in [0.1, 0.15) is 11.3 Å². The van der Waals surface area contributed by atoms with E-state index in [4.69, 9.17) is 5.10 Å². The molecule has 198 valence electrons. The molecule has 1 aliphatic rings. The number of nitrogens with zero attached hydrogens (tertiary/aromatic N) is 4. The van der Waals surface area contributed by atoms with E-state index in [0.29, 0.717) is 0 Å². The van der Waals surface area contributed by atoms with Crippen LogP contribution in [0, 0.1) is 0 Å². The highest BCUT2D eigenvalue weighted by molar-refractivity contribution is 5.95. The number of aromatic nitrogens is 5. The van der Waals surface area contributed by atoms with E-state index in [-0.39, 0.29) is 0 Å².